The number of benzene rings is 1. The molecule has 0 spiro atoms. The van der Waals surface area contributed by atoms with Crippen molar-refractivity contribution in [3.8, 4) is 0 Å². The number of aryl methyl sites for hydroxylation is 1. The second-order valence-corrected chi connectivity index (χ2v) is 6.59. The summed E-state index contributed by atoms with van der Waals surface area (Å²) in [6, 6.07) is 6.01. The number of aromatic nitrogens is 3. The molecule has 1 aromatic carbocycles. The van der Waals surface area contributed by atoms with Crippen molar-refractivity contribution < 1.29 is 13.2 Å². The van der Waals surface area contributed by atoms with Crippen molar-refractivity contribution in [2.75, 3.05) is 16.4 Å². The van der Waals surface area contributed by atoms with Crippen molar-refractivity contribution >= 4 is 52.0 Å². The minimum Gasteiger partial charge on any atom is -0.393 e. The number of nitrogens with two attached hydrogens (primary N) is 1. The first kappa shape index (κ1) is 20.0. The van der Waals surface area contributed by atoms with Gasteiger partial charge < -0.3 is 16.4 Å². The molecule has 0 radical (unpaired) electrons. The normalized spacial score (nSPS) is 11.4. The zero-order chi connectivity index (χ0) is 20.5. The van der Waals surface area contributed by atoms with Crippen LogP contribution in [-0.4, -0.2) is 15.0 Å². The number of nitrogens with one attached hydrogen (secondary N) is 2. The van der Waals surface area contributed by atoms with Crippen LogP contribution in [-0.2, 0) is 6.18 Å². The number of nitrogens with zero attached hydrogens (tertiary/aromatic N) is 3. The van der Waals surface area contributed by atoms with Gasteiger partial charge in [-0.15, -0.1) is 0 Å². The molecule has 2 heterocycles. The van der Waals surface area contributed by atoms with Crippen LogP contribution >= 0.6 is 23.2 Å². The molecular weight excluding hydrogens is 416 g/mol. The van der Waals surface area contributed by atoms with E-state index in [9.17, 15) is 13.2 Å². The summed E-state index contributed by atoms with van der Waals surface area (Å²) in [7, 11) is 0. The van der Waals surface area contributed by atoms with E-state index < -0.39 is 11.7 Å². The quantitative estimate of drug-likeness (QED) is 0.502. The lowest BCUT2D eigenvalue weighted by Gasteiger charge is -2.14. The molecule has 0 aliphatic heterocycles. The lowest BCUT2D eigenvalue weighted by molar-refractivity contribution is -0.137. The van der Waals surface area contributed by atoms with Crippen molar-refractivity contribution in [2.45, 2.75) is 13.1 Å². The first-order valence-electron chi connectivity index (χ1n) is 7.78. The molecule has 0 bridgehead atoms. The van der Waals surface area contributed by atoms with E-state index in [2.05, 4.69) is 25.6 Å². The number of hydrogen-bond donors (Lipinski definition) is 3. The highest BCUT2D eigenvalue weighted by Gasteiger charge is 2.31. The van der Waals surface area contributed by atoms with Crippen LogP contribution < -0.4 is 16.4 Å². The maximum absolute atomic E-state index is 12.7. The van der Waals surface area contributed by atoms with Gasteiger partial charge in [0, 0.05) is 16.9 Å². The molecule has 0 fully saturated rings. The summed E-state index contributed by atoms with van der Waals surface area (Å²) in [6.45, 7) is 1.86. The number of halogens is 5. The molecule has 0 aliphatic carbocycles. The summed E-state index contributed by atoms with van der Waals surface area (Å²) in [4.78, 5) is 11.8. The maximum atomic E-state index is 12.7. The maximum Gasteiger partial charge on any atom is 0.417 e. The minimum absolute atomic E-state index is 0.0197. The Morgan fingerprint density at radius 1 is 0.964 bits per heavy atom. The van der Waals surface area contributed by atoms with Crippen LogP contribution in [0, 0.1) is 6.92 Å². The Bertz CT molecular complexity index is 1030. The van der Waals surface area contributed by atoms with Gasteiger partial charge in [0.1, 0.15) is 17.8 Å². The van der Waals surface area contributed by atoms with Gasteiger partial charge in [0.05, 0.1) is 10.6 Å². The van der Waals surface area contributed by atoms with E-state index in [1.807, 2.05) is 6.92 Å². The Morgan fingerprint density at radius 2 is 1.64 bits per heavy atom. The Balaban J connectivity index is 1.87. The number of hydrogen-bond acceptors (Lipinski definition) is 6. The second-order valence-electron chi connectivity index (χ2n) is 5.75. The van der Waals surface area contributed by atoms with E-state index in [-0.39, 0.29) is 22.3 Å². The lowest BCUT2D eigenvalue weighted by Crippen LogP contribution is -2.08. The molecule has 0 saturated carbocycles. The van der Waals surface area contributed by atoms with E-state index in [1.165, 1.54) is 6.33 Å². The van der Waals surface area contributed by atoms with Gasteiger partial charge in [-0.2, -0.15) is 13.2 Å². The summed E-state index contributed by atoms with van der Waals surface area (Å²) in [5.41, 5.74) is 6.85. The fraction of sp³-hybridized carbons (Fsp3) is 0.118. The molecule has 3 rings (SSSR count). The van der Waals surface area contributed by atoms with E-state index in [1.54, 1.807) is 18.2 Å². The van der Waals surface area contributed by atoms with Gasteiger partial charge in [0.25, 0.3) is 0 Å². The highest BCUT2D eigenvalue weighted by molar-refractivity contribution is 6.33. The van der Waals surface area contributed by atoms with Gasteiger partial charge in [-0.1, -0.05) is 23.2 Å². The highest BCUT2D eigenvalue weighted by atomic mass is 35.5. The van der Waals surface area contributed by atoms with Gasteiger partial charge in [0.15, 0.2) is 11.6 Å². The summed E-state index contributed by atoms with van der Waals surface area (Å²) < 4.78 is 38.2. The van der Waals surface area contributed by atoms with Gasteiger partial charge in [-0.25, -0.2) is 15.0 Å². The van der Waals surface area contributed by atoms with Crippen molar-refractivity contribution in [3.63, 3.8) is 0 Å². The molecular formula is C17H13Cl2F3N6. The summed E-state index contributed by atoms with van der Waals surface area (Å²) in [5.74, 6) is 0.415. The monoisotopic (exact) mass is 428 g/mol. The molecule has 28 heavy (non-hydrogen) atoms. The topological polar surface area (TPSA) is 88.8 Å². The standard InChI is InChI=1S/C17H13Cl2F3N6/c1-8-4-10(18)2-3-12(8)27-15-13(23)16(26-7-25-15)28-14-11(19)5-9(6-24-14)17(20,21)22/h2-7H,23H2,1H3,(H2,24,25,26,27,28). The molecule has 0 saturated heterocycles. The van der Waals surface area contributed by atoms with Gasteiger partial charge >= 0.3 is 6.18 Å². The average Bonchev–Trinajstić information content (AvgIpc) is 2.61. The van der Waals surface area contributed by atoms with Crippen LogP contribution in [0.4, 0.5) is 42.0 Å². The fourth-order valence-electron chi connectivity index (χ4n) is 2.29. The molecule has 11 heteroatoms. The van der Waals surface area contributed by atoms with Crippen molar-refractivity contribution in [1.82, 2.24) is 15.0 Å². The highest BCUT2D eigenvalue weighted by Crippen LogP contribution is 2.35. The number of rotatable bonds is 4. The smallest absolute Gasteiger partial charge is 0.393 e. The third kappa shape index (κ3) is 4.37. The van der Waals surface area contributed by atoms with Gasteiger partial charge in [-0.3, -0.25) is 0 Å². The zero-order valence-corrected chi connectivity index (χ0v) is 15.8. The van der Waals surface area contributed by atoms with Gasteiger partial charge in [-0.05, 0) is 36.8 Å². The Kier molecular flexibility index (Phi) is 5.48. The van der Waals surface area contributed by atoms with Crippen molar-refractivity contribution in [3.05, 3.63) is 58.0 Å². The van der Waals surface area contributed by atoms with Gasteiger partial charge in [0.2, 0.25) is 0 Å². The SMILES string of the molecule is Cc1cc(Cl)ccc1Nc1ncnc(Nc2ncc(C(F)(F)F)cc2Cl)c1N. The third-order valence-electron chi connectivity index (χ3n) is 3.73. The first-order valence-corrected chi connectivity index (χ1v) is 8.54. The van der Waals surface area contributed by atoms with E-state index in [4.69, 9.17) is 28.9 Å². The number of pyridine rings is 1. The first-order chi connectivity index (χ1) is 13.1. The molecule has 2 aromatic heterocycles. The molecule has 0 aliphatic rings. The Hall–Kier alpha value is -2.78. The number of anilines is 5. The van der Waals surface area contributed by atoms with Crippen molar-refractivity contribution in [1.29, 1.82) is 0 Å². The zero-order valence-electron chi connectivity index (χ0n) is 14.3. The average molecular weight is 429 g/mol. The summed E-state index contributed by atoms with van der Waals surface area (Å²) in [6.07, 6.45) is -2.64. The van der Waals surface area contributed by atoms with Crippen LogP contribution in [0.3, 0.4) is 0 Å². The van der Waals surface area contributed by atoms with Crippen LogP contribution in [0.5, 0.6) is 0 Å². The summed E-state index contributed by atoms with van der Waals surface area (Å²) >= 11 is 11.8. The minimum atomic E-state index is -4.54. The predicted molar refractivity (Wildman–Crippen MR) is 103 cm³/mol. The molecule has 0 atom stereocenters. The van der Waals surface area contributed by atoms with Crippen LogP contribution in [0.2, 0.25) is 10.0 Å². The molecule has 6 nitrogen and oxygen atoms in total. The molecule has 146 valence electrons. The van der Waals surface area contributed by atoms with Crippen LogP contribution in [0.25, 0.3) is 0 Å². The van der Waals surface area contributed by atoms with Crippen LogP contribution in [0.1, 0.15) is 11.1 Å². The van der Waals surface area contributed by atoms with E-state index in [0.29, 0.717) is 17.0 Å². The Labute approximate surface area is 167 Å². The molecule has 0 unspecified atom stereocenters. The molecule has 4 N–H and O–H groups in total. The van der Waals surface area contributed by atoms with Crippen LogP contribution in [0.15, 0.2) is 36.8 Å². The second kappa shape index (κ2) is 7.69. The van der Waals surface area contributed by atoms with E-state index in [0.717, 1.165) is 17.3 Å². The summed E-state index contributed by atoms with van der Waals surface area (Å²) in [5, 5.41) is 6.14. The lowest BCUT2D eigenvalue weighted by atomic mass is 10.2. The molecule has 3 aromatic rings. The largest absolute Gasteiger partial charge is 0.417 e. The van der Waals surface area contributed by atoms with Crippen molar-refractivity contribution in [2.24, 2.45) is 0 Å². The van der Waals surface area contributed by atoms with E-state index >= 15 is 0 Å². The molecule has 0 amide bonds. The fourth-order valence-corrected chi connectivity index (χ4v) is 2.73. The third-order valence-corrected chi connectivity index (χ3v) is 4.25. The number of nitrogen functional groups attached to an aromatic ring is 1. The Morgan fingerprint density at radius 3 is 2.25 bits per heavy atom. The number of alkyl halides is 3. The predicted octanol–water partition coefficient (Wildman–Crippen LogP) is 5.58.